The van der Waals surface area contributed by atoms with Crippen molar-refractivity contribution in [3.8, 4) is 0 Å². The van der Waals surface area contributed by atoms with Crippen LogP contribution in [0.1, 0.15) is 226 Å². The first kappa shape index (κ1) is 55.2. The van der Waals surface area contributed by atoms with E-state index in [-0.39, 0.29) is 32.0 Å². The number of carbonyl (C=O) groups is 2. The SMILES string of the molecule is CCCCCCCC=C=CCCCCCCCC(=O)OC[C@H](CO[C@@H]1O[C@H](CO)[C@H](O)C(O)C1O)OC(=O)CCCCCCCCCCCCCCCCCCCCC. The molecular weight excluding hydrogens is 749 g/mol. The lowest BCUT2D eigenvalue weighted by Gasteiger charge is -2.39. The van der Waals surface area contributed by atoms with Gasteiger partial charge >= 0.3 is 11.9 Å². The van der Waals surface area contributed by atoms with E-state index >= 15 is 0 Å². The van der Waals surface area contributed by atoms with Crippen LogP contribution < -0.4 is 0 Å². The van der Waals surface area contributed by atoms with Gasteiger partial charge in [0.1, 0.15) is 31.0 Å². The Morgan fingerprint density at radius 3 is 1.39 bits per heavy atom. The predicted octanol–water partition coefficient (Wildman–Crippen LogP) is 10.9. The molecule has 0 aromatic heterocycles. The van der Waals surface area contributed by atoms with E-state index in [0.29, 0.717) is 12.8 Å². The lowest BCUT2D eigenvalue weighted by molar-refractivity contribution is -0.305. The number of carbonyl (C=O) groups excluding carboxylic acids is 2. The number of allylic oxidation sites excluding steroid dienone is 1. The molecule has 0 aromatic carbocycles. The zero-order valence-electron chi connectivity index (χ0n) is 37.8. The maximum Gasteiger partial charge on any atom is 0.306 e. The molecule has 0 amide bonds. The van der Waals surface area contributed by atoms with Gasteiger partial charge in [-0.25, -0.2) is 0 Å². The van der Waals surface area contributed by atoms with Gasteiger partial charge in [-0.1, -0.05) is 174 Å². The highest BCUT2D eigenvalue weighted by Gasteiger charge is 2.44. The molecule has 0 bridgehead atoms. The van der Waals surface area contributed by atoms with Crippen LogP contribution in [0.25, 0.3) is 0 Å². The van der Waals surface area contributed by atoms with E-state index in [9.17, 15) is 30.0 Å². The van der Waals surface area contributed by atoms with Crippen LogP contribution in [0, 0.1) is 0 Å². The van der Waals surface area contributed by atoms with Crippen molar-refractivity contribution >= 4 is 11.9 Å². The first-order valence-corrected chi connectivity index (χ1v) is 24.5. The third-order valence-corrected chi connectivity index (χ3v) is 11.4. The first-order chi connectivity index (χ1) is 28.8. The molecule has 1 saturated heterocycles. The third kappa shape index (κ3) is 31.7. The van der Waals surface area contributed by atoms with Gasteiger partial charge in [0.15, 0.2) is 12.4 Å². The Hall–Kier alpha value is -1.78. The zero-order valence-corrected chi connectivity index (χ0v) is 37.8. The molecule has 1 rings (SSSR count). The Labute approximate surface area is 360 Å². The van der Waals surface area contributed by atoms with E-state index in [4.69, 9.17) is 18.9 Å². The molecule has 0 saturated carbocycles. The quantitative estimate of drug-likeness (QED) is 0.0266. The van der Waals surface area contributed by atoms with Gasteiger partial charge in [-0.15, -0.1) is 5.73 Å². The minimum atomic E-state index is -1.60. The van der Waals surface area contributed by atoms with Crippen LogP contribution in [0.2, 0.25) is 0 Å². The van der Waals surface area contributed by atoms with Gasteiger partial charge in [0, 0.05) is 12.8 Å². The van der Waals surface area contributed by atoms with Crippen molar-refractivity contribution in [2.75, 3.05) is 19.8 Å². The second-order valence-corrected chi connectivity index (χ2v) is 17.0. The average molecular weight is 839 g/mol. The fraction of sp³-hybridized carbons (Fsp3) is 0.898. The molecule has 2 unspecified atom stereocenters. The average Bonchev–Trinajstić information content (AvgIpc) is 3.23. The normalized spacial score (nSPS) is 19.6. The maximum atomic E-state index is 12.8. The van der Waals surface area contributed by atoms with Crippen LogP contribution in [-0.2, 0) is 28.5 Å². The van der Waals surface area contributed by atoms with Crippen LogP contribution in [0.3, 0.4) is 0 Å². The van der Waals surface area contributed by atoms with Crippen molar-refractivity contribution in [2.24, 2.45) is 0 Å². The molecule has 0 spiro atoms. The molecule has 346 valence electrons. The Bertz CT molecular complexity index is 1030. The van der Waals surface area contributed by atoms with E-state index in [2.05, 4.69) is 31.7 Å². The maximum absolute atomic E-state index is 12.8. The van der Waals surface area contributed by atoms with Crippen molar-refractivity contribution < 1.29 is 49.0 Å². The molecular formula is C49H90O10. The summed E-state index contributed by atoms with van der Waals surface area (Å²) in [7, 11) is 0. The van der Waals surface area contributed by atoms with Crippen LogP contribution >= 0.6 is 0 Å². The van der Waals surface area contributed by atoms with Crippen molar-refractivity contribution in [3.63, 3.8) is 0 Å². The number of esters is 2. The smallest absolute Gasteiger partial charge is 0.306 e. The van der Waals surface area contributed by atoms with Crippen molar-refractivity contribution in [1.29, 1.82) is 0 Å². The second-order valence-electron chi connectivity index (χ2n) is 17.0. The van der Waals surface area contributed by atoms with Gasteiger partial charge in [-0.05, 0) is 50.7 Å². The molecule has 0 radical (unpaired) electrons. The number of aliphatic hydroxyl groups is 4. The topological polar surface area (TPSA) is 152 Å². The molecule has 4 N–H and O–H groups in total. The lowest BCUT2D eigenvalue weighted by Crippen LogP contribution is -2.59. The zero-order chi connectivity index (χ0) is 43.0. The lowest BCUT2D eigenvalue weighted by atomic mass is 9.99. The van der Waals surface area contributed by atoms with Crippen LogP contribution in [-0.4, -0.2) is 89.0 Å². The summed E-state index contributed by atoms with van der Waals surface area (Å²) in [5, 5.41) is 40.1. The van der Waals surface area contributed by atoms with Crippen LogP contribution in [0.15, 0.2) is 17.9 Å². The molecule has 0 aromatic rings. The number of hydrogen-bond donors (Lipinski definition) is 4. The predicted molar refractivity (Wildman–Crippen MR) is 237 cm³/mol. The summed E-state index contributed by atoms with van der Waals surface area (Å²) >= 11 is 0. The highest BCUT2D eigenvalue weighted by Crippen LogP contribution is 2.23. The summed E-state index contributed by atoms with van der Waals surface area (Å²) < 4.78 is 22.2. The molecule has 1 heterocycles. The Kier molecular flexibility index (Phi) is 37.7. The molecule has 59 heavy (non-hydrogen) atoms. The number of hydrogen-bond acceptors (Lipinski definition) is 10. The summed E-state index contributed by atoms with van der Waals surface area (Å²) in [6.45, 7) is 3.42. The summed E-state index contributed by atoms with van der Waals surface area (Å²) in [5.41, 5.74) is 3.30. The minimum Gasteiger partial charge on any atom is -0.462 e. The Morgan fingerprint density at radius 2 is 0.949 bits per heavy atom. The summed E-state index contributed by atoms with van der Waals surface area (Å²) in [5.74, 6) is -0.816. The number of ether oxygens (including phenoxy) is 4. The van der Waals surface area contributed by atoms with E-state index in [1.807, 2.05) is 0 Å². The van der Waals surface area contributed by atoms with Gasteiger partial charge in [0.25, 0.3) is 0 Å². The van der Waals surface area contributed by atoms with Gasteiger partial charge < -0.3 is 39.4 Å². The van der Waals surface area contributed by atoms with Gasteiger partial charge in [0.2, 0.25) is 0 Å². The molecule has 10 nitrogen and oxygen atoms in total. The van der Waals surface area contributed by atoms with Crippen molar-refractivity contribution in [1.82, 2.24) is 0 Å². The Morgan fingerprint density at radius 1 is 0.542 bits per heavy atom. The summed E-state index contributed by atoms with van der Waals surface area (Å²) in [6.07, 6.45) is 34.2. The van der Waals surface area contributed by atoms with Crippen LogP contribution in [0.4, 0.5) is 0 Å². The molecule has 6 atom stereocenters. The van der Waals surface area contributed by atoms with E-state index < -0.39 is 49.4 Å². The standard InChI is InChI=1S/C49H90O10/c1-3-5-7-9-11-13-15-17-19-20-21-22-24-26-28-30-32-34-36-38-45(52)58-42(41-57-49-48(55)47(54)46(53)43(39-50)59-49)40-56-44(51)37-35-33-31-29-27-25-23-18-16-14-12-10-8-6-4-2/h16,23,42-43,46-50,53-55H,3-15,17,19-22,24-41H2,1-2H3/t18?,42-,43-,46+,47?,48?,49-/m1/s1. The van der Waals surface area contributed by atoms with Crippen molar-refractivity contribution in [3.05, 3.63) is 17.9 Å². The van der Waals surface area contributed by atoms with E-state index in [1.165, 1.54) is 128 Å². The van der Waals surface area contributed by atoms with Crippen LogP contribution in [0.5, 0.6) is 0 Å². The molecule has 10 heteroatoms. The first-order valence-electron chi connectivity index (χ1n) is 24.5. The fourth-order valence-corrected chi connectivity index (χ4v) is 7.52. The Balaban J connectivity index is 2.29. The third-order valence-electron chi connectivity index (χ3n) is 11.4. The summed E-state index contributed by atoms with van der Waals surface area (Å²) in [6, 6.07) is 0. The molecule has 1 aliphatic rings. The highest BCUT2D eigenvalue weighted by atomic mass is 16.7. The number of unbranched alkanes of at least 4 members (excludes halogenated alkanes) is 28. The second kappa shape index (κ2) is 40.3. The van der Waals surface area contributed by atoms with E-state index in [0.717, 1.165) is 57.8 Å². The van der Waals surface area contributed by atoms with Gasteiger partial charge in [-0.2, -0.15) is 0 Å². The monoisotopic (exact) mass is 839 g/mol. The minimum absolute atomic E-state index is 0.222. The molecule has 1 fully saturated rings. The number of aliphatic hydroxyl groups excluding tert-OH is 4. The molecule has 1 aliphatic heterocycles. The number of rotatable bonds is 41. The van der Waals surface area contributed by atoms with Crippen molar-refractivity contribution in [2.45, 2.75) is 263 Å². The summed E-state index contributed by atoms with van der Waals surface area (Å²) in [4.78, 5) is 25.4. The largest absolute Gasteiger partial charge is 0.462 e. The van der Waals surface area contributed by atoms with E-state index in [1.54, 1.807) is 0 Å². The van der Waals surface area contributed by atoms with Gasteiger partial charge in [-0.3, -0.25) is 9.59 Å². The molecule has 0 aliphatic carbocycles. The van der Waals surface area contributed by atoms with Gasteiger partial charge in [0.05, 0.1) is 13.2 Å². The highest BCUT2D eigenvalue weighted by molar-refractivity contribution is 5.70. The fourth-order valence-electron chi connectivity index (χ4n) is 7.52.